The molecule has 0 saturated carbocycles. The van der Waals surface area contributed by atoms with Crippen LogP contribution in [-0.2, 0) is 14.6 Å². The van der Waals surface area contributed by atoms with Gasteiger partial charge in [-0.05, 0) is 24.3 Å². The Morgan fingerprint density at radius 1 is 1.22 bits per heavy atom. The van der Waals surface area contributed by atoms with Crippen molar-refractivity contribution < 1.29 is 17.6 Å². The van der Waals surface area contributed by atoms with Gasteiger partial charge in [0.25, 0.3) is 0 Å². The SMILES string of the molecule is CS(=O)(=O)c1nnc(-c2ccc(N=C=O)cc2)o1. The second kappa shape index (κ2) is 4.52. The average molecular weight is 265 g/mol. The molecule has 0 amide bonds. The molecule has 2 rings (SSSR count). The lowest BCUT2D eigenvalue weighted by molar-refractivity contribution is 0.442. The number of nitrogens with zero attached hydrogens (tertiary/aromatic N) is 3. The number of aromatic nitrogens is 2. The Morgan fingerprint density at radius 2 is 1.89 bits per heavy atom. The van der Waals surface area contributed by atoms with Crippen molar-refractivity contribution >= 4 is 21.6 Å². The molecule has 1 heterocycles. The zero-order chi connectivity index (χ0) is 13.2. The predicted octanol–water partition coefficient (Wildman–Crippen LogP) is 1.11. The van der Waals surface area contributed by atoms with Crippen LogP contribution < -0.4 is 0 Å². The molecule has 0 radical (unpaired) electrons. The van der Waals surface area contributed by atoms with Gasteiger partial charge >= 0.3 is 5.22 Å². The maximum atomic E-state index is 11.2. The second-order valence-corrected chi connectivity index (χ2v) is 5.29. The number of isocyanates is 1. The van der Waals surface area contributed by atoms with E-state index in [1.807, 2.05) is 0 Å². The molecule has 2 aromatic rings. The molecule has 0 saturated heterocycles. The predicted molar refractivity (Wildman–Crippen MR) is 60.6 cm³/mol. The molecular weight excluding hydrogens is 258 g/mol. The summed E-state index contributed by atoms with van der Waals surface area (Å²) < 4.78 is 27.3. The van der Waals surface area contributed by atoms with Crippen molar-refractivity contribution in [1.82, 2.24) is 10.2 Å². The molecule has 0 spiro atoms. The van der Waals surface area contributed by atoms with E-state index in [0.29, 0.717) is 11.3 Å². The number of carbonyl (C=O) groups excluding carboxylic acids is 1. The summed E-state index contributed by atoms with van der Waals surface area (Å²) in [7, 11) is -3.52. The van der Waals surface area contributed by atoms with Crippen LogP contribution in [0, 0.1) is 0 Å². The van der Waals surface area contributed by atoms with Gasteiger partial charge in [-0.25, -0.2) is 13.2 Å². The van der Waals surface area contributed by atoms with E-state index in [1.54, 1.807) is 24.3 Å². The molecule has 1 aromatic carbocycles. The van der Waals surface area contributed by atoms with Crippen LogP contribution in [0.25, 0.3) is 11.5 Å². The molecule has 18 heavy (non-hydrogen) atoms. The summed E-state index contributed by atoms with van der Waals surface area (Å²) in [4.78, 5) is 13.5. The van der Waals surface area contributed by atoms with Crippen LogP contribution in [0.5, 0.6) is 0 Å². The molecule has 0 N–H and O–H groups in total. The largest absolute Gasteiger partial charge is 0.408 e. The summed E-state index contributed by atoms with van der Waals surface area (Å²) in [6.45, 7) is 0. The molecule has 7 nitrogen and oxygen atoms in total. The Kier molecular flexibility index (Phi) is 3.05. The Balaban J connectivity index is 2.37. The Bertz CT molecular complexity index is 712. The monoisotopic (exact) mass is 265 g/mol. The highest BCUT2D eigenvalue weighted by molar-refractivity contribution is 7.90. The van der Waals surface area contributed by atoms with Crippen molar-refractivity contribution in [2.24, 2.45) is 4.99 Å². The number of hydrogen-bond donors (Lipinski definition) is 0. The Morgan fingerprint density at radius 3 is 2.39 bits per heavy atom. The average Bonchev–Trinajstić information content (AvgIpc) is 2.79. The van der Waals surface area contributed by atoms with Crippen LogP contribution in [0.4, 0.5) is 5.69 Å². The van der Waals surface area contributed by atoms with Gasteiger partial charge in [0.2, 0.25) is 21.8 Å². The van der Waals surface area contributed by atoms with E-state index in [1.165, 1.54) is 6.08 Å². The lowest BCUT2D eigenvalue weighted by Crippen LogP contribution is -1.96. The molecule has 0 unspecified atom stereocenters. The Labute approximate surface area is 102 Å². The number of benzene rings is 1. The molecule has 8 heteroatoms. The minimum atomic E-state index is -3.52. The van der Waals surface area contributed by atoms with E-state index in [0.717, 1.165) is 6.26 Å². The molecule has 0 fully saturated rings. The van der Waals surface area contributed by atoms with E-state index >= 15 is 0 Å². The van der Waals surface area contributed by atoms with Crippen LogP contribution >= 0.6 is 0 Å². The quantitative estimate of drug-likeness (QED) is 0.608. The summed E-state index contributed by atoms with van der Waals surface area (Å²) in [5.41, 5.74) is 0.957. The fraction of sp³-hybridized carbons (Fsp3) is 0.100. The minimum Gasteiger partial charge on any atom is -0.408 e. The first-order valence-electron chi connectivity index (χ1n) is 4.72. The Hall–Kier alpha value is -2.31. The van der Waals surface area contributed by atoms with Gasteiger partial charge in [-0.15, -0.1) is 5.10 Å². The zero-order valence-corrected chi connectivity index (χ0v) is 10.0. The van der Waals surface area contributed by atoms with Crippen LogP contribution in [-0.4, -0.2) is 31.0 Å². The maximum absolute atomic E-state index is 11.2. The normalized spacial score (nSPS) is 10.9. The van der Waals surface area contributed by atoms with E-state index < -0.39 is 15.1 Å². The van der Waals surface area contributed by atoms with Gasteiger partial charge in [0.05, 0.1) is 5.69 Å². The lowest BCUT2D eigenvalue weighted by atomic mass is 10.2. The van der Waals surface area contributed by atoms with Crippen molar-refractivity contribution in [3.8, 4) is 11.5 Å². The van der Waals surface area contributed by atoms with Crippen molar-refractivity contribution in [3.63, 3.8) is 0 Å². The summed E-state index contributed by atoms with van der Waals surface area (Å²) in [5, 5.41) is 6.62. The molecule has 0 aliphatic carbocycles. The van der Waals surface area contributed by atoms with Crippen LogP contribution in [0.1, 0.15) is 0 Å². The fourth-order valence-electron chi connectivity index (χ4n) is 1.21. The second-order valence-electron chi connectivity index (χ2n) is 3.40. The molecule has 0 bridgehead atoms. The van der Waals surface area contributed by atoms with Crippen molar-refractivity contribution in [2.75, 3.05) is 6.26 Å². The summed E-state index contributed by atoms with van der Waals surface area (Å²) in [6.07, 6.45) is 2.39. The third-order valence-electron chi connectivity index (χ3n) is 2.01. The molecule has 92 valence electrons. The van der Waals surface area contributed by atoms with Gasteiger partial charge < -0.3 is 4.42 Å². The summed E-state index contributed by atoms with van der Waals surface area (Å²) >= 11 is 0. The number of aliphatic imine (C=N–C) groups is 1. The molecular formula is C10H7N3O4S. The van der Waals surface area contributed by atoms with Gasteiger partial charge in [-0.2, -0.15) is 4.99 Å². The third kappa shape index (κ3) is 2.50. The van der Waals surface area contributed by atoms with E-state index in [4.69, 9.17) is 4.42 Å². The van der Waals surface area contributed by atoms with Gasteiger partial charge in [0, 0.05) is 11.8 Å². The molecule has 0 atom stereocenters. The standard InChI is InChI=1S/C10H7N3O4S/c1-18(15,16)10-13-12-9(17-10)7-2-4-8(5-3-7)11-6-14/h2-5H,1H3. The smallest absolute Gasteiger partial charge is 0.335 e. The van der Waals surface area contributed by atoms with Crippen LogP contribution in [0.2, 0.25) is 0 Å². The lowest BCUT2D eigenvalue weighted by Gasteiger charge is -1.94. The number of hydrogen-bond acceptors (Lipinski definition) is 7. The van der Waals surface area contributed by atoms with E-state index in [9.17, 15) is 13.2 Å². The van der Waals surface area contributed by atoms with Crippen molar-refractivity contribution in [1.29, 1.82) is 0 Å². The van der Waals surface area contributed by atoms with Crippen LogP contribution in [0.3, 0.4) is 0 Å². The van der Waals surface area contributed by atoms with Gasteiger partial charge in [-0.1, -0.05) is 5.10 Å². The van der Waals surface area contributed by atoms with Crippen molar-refractivity contribution in [2.45, 2.75) is 5.22 Å². The first-order valence-corrected chi connectivity index (χ1v) is 6.62. The van der Waals surface area contributed by atoms with E-state index in [2.05, 4.69) is 15.2 Å². The highest BCUT2D eigenvalue weighted by atomic mass is 32.2. The molecule has 1 aromatic heterocycles. The zero-order valence-electron chi connectivity index (χ0n) is 9.19. The third-order valence-corrected chi connectivity index (χ3v) is 2.81. The number of rotatable bonds is 3. The van der Waals surface area contributed by atoms with Gasteiger partial charge in [0.1, 0.15) is 0 Å². The molecule has 0 aliphatic heterocycles. The summed E-state index contributed by atoms with van der Waals surface area (Å²) in [6, 6.07) is 6.25. The summed E-state index contributed by atoms with van der Waals surface area (Å²) in [5.74, 6) is 0.0806. The van der Waals surface area contributed by atoms with Crippen LogP contribution in [0.15, 0.2) is 38.9 Å². The first-order chi connectivity index (χ1) is 8.50. The van der Waals surface area contributed by atoms with Gasteiger partial charge in [0.15, 0.2) is 0 Å². The van der Waals surface area contributed by atoms with Gasteiger partial charge in [-0.3, -0.25) is 0 Å². The topological polar surface area (TPSA) is 102 Å². The highest BCUT2D eigenvalue weighted by Gasteiger charge is 2.17. The number of sulfone groups is 1. The minimum absolute atomic E-state index is 0.0806. The fourth-order valence-corrected chi connectivity index (χ4v) is 1.63. The van der Waals surface area contributed by atoms with E-state index in [-0.39, 0.29) is 5.89 Å². The first kappa shape index (κ1) is 12.2. The molecule has 0 aliphatic rings. The highest BCUT2D eigenvalue weighted by Crippen LogP contribution is 2.22. The maximum Gasteiger partial charge on any atom is 0.335 e. The van der Waals surface area contributed by atoms with Crippen molar-refractivity contribution in [3.05, 3.63) is 24.3 Å².